The van der Waals surface area contributed by atoms with Gasteiger partial charge in [0.1, 0.15) is 5.82 Å². The van der Waals surface area contributed by atoms with E-state index < -0.39 is 0 Å². The van der Waals surface area contributed by atoms with Crippen LogP contribution in [0.4, 0.5) is 4.39 Å². The molecular weight excluding hydrogens is 327 g/mol. The molecule has 24 heavy (non-hydrogen) atoms. The van der Waals surface area contributed by atoms with Gasteiger partial charge in [0.2, 0.25) is 0 Å². The van der Waals surface area contributed by atoms with Crippen LogP contribution in [0.3, 0.4) is 0 Å². The average molecular weight is 345 g/mol. The molecule has 0 amide bonds. The molecule has 2 heterocycles. The van der Waals surface area contributed by atoms with Gasteiger partial charge in [-0.25, -0.2) is 4.39 Å². The van der Waals surface area contributed by atoms with Crippen LogP contribution >= 0.6 is 12.4 Å². The lowest BCUT2D eigenvalue weighted by molar-refractivity contribution is 0.0973. The second kappa shape index (κ2) is 5.72. The largest absolute Gasteiger partial charge is 0.303 e. The summed E-state index contributed by atoms with van der Waals surface area (Å²) in [5.74, 6) is -0.320. The summed E-state index contributed by atoms with van der Waals surface area (Å²) in [6.45, 7) is 2.08. The van der Waals surface area contributed by atoms with Crippen LogP contribution in [0.5, 0.6) is 0 Å². The number of aromatic nitrogens is 1. The molecule has 0 N–H and O–H groups in total. The summed E-state index contributed by atoms with van der Waals surface area (Å²) in [6, 6.07) is 12.3. The van der Waals surface area contributed by atoms with Crippen LogP contribution in [0.1, 0.15) is 28.9 Å². The molecule has 1 aliphatic rings. The summed E-state index contributed by atoms with van der Waals surface area (Å²) in [6.07, 6.45) is 0. The Balaban J connectivity index is 0.00000169. The SMILES string of the molecule is CC(c1c2n(c3ccc(F)cc13)C(=O)c1ccccc1-2)N(C)C.Cl. The monoisotopic (exact) mass is 344 g/mol. The number of hydrogen-bond donors (Lipinski definition) is 0. The number of carbonyl (C=O) groups excluding carboxylic acids is 1. The first-order valence-corrected chi connectivity index (χ1v) is 7.65. The average Bonchev–Trinajstić information content (AvgIpc) is 3.00. The van der Waals surface area contributed by atoms with Crippen molar-refractivity contribution < 1.29 is 9.18 Å². The van der Waals surface area contributed by atoms with Crippen molar-refractivity contribution in [3.8, 4) is 11.3 Å². The van der Waals surface area contributed by atoms with Crippen molar-refractivity contribution in [2.45, 2.75) is 13.0 Å². The van der Waals surface area contributed by atoms with Gasteiger partial charge in [-0.3, -0.25) is 9.36 Å². The Morgan fingerprint density at radius 1 is 1.08 bits per heavy atom. The maximum absolute atomic E-state index is 13.8. The zero-order chi connectivity index (χ0) is 16.3. The Morgan fingerprint density at radius 3 is 2.42 bits per heavy atom. The van der Waals surface area contributed by atoms with E-state index in [9.17, 15) is 9.18 Å². The van der Waals surface area contributed by atoms with E-state index in [0.717, 1.165) is 27.7 Å². The standard InChI is InChI=1S/C19H17FN2O.ClH/c1-11(21(2)3)17-15-10-12(20)8-9-16(15)22-18(17)13-6-4-5-7-14(13)19(22)23;/h4-11H,1-3H3;1H. The number of hydrogen-bond acceptors (Lipinski definition) is 2. The first-order valence-electron chi connectivity index (χ1n) is 7.65. The highest BCUT2D eigenvalue weighted by Crippen LogP contribution is 2.44. The lowest BCUT2D eigenvalue weighted by Gasteiger charge is -2.21. The van der Waals surface area contributed by atoms with Gasteiger partial charge in [0, 0.05) is 28.1 Å². The molecule has 124 valence electrons. The van der Waals surface area contributed by atoms with Gasteiger partial charge in [-0.15, -0.1) is 12.4 Å². The number of carbonyl (C=O) groups is 1. The van der Waals surface area contributed by atoms with Crippen molar-refractivity contribution in [1.29, 1.82) is 0 Å². The molecule has 0 fully saturated rings. The summed E-state index contributed by atoms with van der Waals surface area (Å²) < 4.78 is 15.6. The molecule has 2 aromatic carbocycles. The first-order chi connectivity index (χ1) is 11.0. The third kappa shape index (κ3) is 2.10. The van der Waals surface area contributed by atoms with Crippen molar-refractivity contribution in [3.05, 3.63) is 59.4 Å². The van der Waals surface area contributed by atoms with Crippen LogP contribution in [0.15, 0.2) is 42.5 Å². The minimum absolute atomic E-state index is 0. The minimum atomic E-state index is -0.283. The van der Waals surface area contributed by atoms with Crippen LogP contribution in [0.25, 0.3) is 22.2 Å². The minimum Gasteiger partial charge on any atom is -0.303 e. The topological polar surface area (TPSA) is 25.2 Å². The van der Waals surface area contributed by atoms with Gasteiger partial charge in [-0.05, 0) is 45.3 Å². The maximum Gasteiger partial charge on any atom is 0.263 e. The Labute approximate surface area is 146 Å². The zero-order valence-electron chi connectivity index (χ0n) is 13.7. The highest BCUT2D eigenvalue weighted by molar-refractivity contribution is 6.16. The molecule has 0 radical (unpaired) electrons. The summed E-state index contributed by atoms with van der Waals surface area (Å²) in [4.78, 5) is 14.9. The Kier molecular flexibility index (Phi) is 3.98. The zero-order valence-corrected chi connectivity index (χ0v) is 14.5. The number of halogens is 2. The predicted molar refractivity (Wildman–Crippen MR) is 96.4 cm³/mol. The molecule has 0 aliphatic carbocycles. The van der Waals surface area contributed by atoms with Gasteiger partial charge >= 0.3 is 0 Å². The summed E-state index contributed by atoms with van der Waals surface area (Å²) in [5, 5.41) is 0.809. The van der Waals surface area contributed by atoms with Gasteiger partial charge in [-0.1, -0.05) is 18.2 Å². The third-order valence-electron chi connectivity index (χ3n) is 4.78. The van der Waals surface area contributed by atoms with Crippen LogP contribution in [-0.4, -0.2) is 29.5 Å². The van der Waals surface area contributed by atoms with Crippen LogP contribution in [0.2, 0.25) is 0 Å². The number of benzene rings is 2. The van der Waals surface area contributed by atoms with Crippen molar-refractivity contribution in [1.82, 2.24) is 9.47 Å². The number of rotatable bonds is 2. The molecule has 0 saturated heterocycles. The molecule has 3 nitrogen and oxygen atoms in total. The van der Waals surface area contributed by atoms with E-state index in [1.165, 1.54) is 12.1 Å². The fraction of sp³-hybridized carbons (Fsp3) is 0.211. The van der Waals surface area contributed by atoms with Crippen LogP contribution in [0, 0.1) is 5.82 Å². The molecular formula is C19H18ClFN2O. The van der Waals surface area contributed by atoms with Gasteiger partial charge in [0.25, 0.3) is 5.91 Å². The lowest BCUT2D eigenvalue weighted by Crippen LogP contribution is -2.17. The van der Waals surface area contributed by atoms with Gasteiger partial charge in [0.15, 0.2) is 0 Å². The summed E-state index contributed by atoms with van der Waals surface area (Å²) >= 11 is 0. The molecule has 5 heteroatoms. The van der Waals surface area contributed by atoms with E-state index in [1.54, 1.807) is 10.6 Å². The smallest absolute Gasteiger partial charge is 0.263 e. The van der Waals surface area contributed by atoms with Crippen LogP contribution in [-0.2, 0) is 0 Å². The van der Waals surface area contributed by atoms with Crippen LogP contribution < -0.4 is 0 Å². The molecule has 1 aromatic heterocycles. The fourth-order valence-electron chi connectivity index (χ4n) is 3.44. The molecule has 1 aliphatic heterocycles. The molecule has 3 aromatic rings. The van der Waals surface area contributed by atoms with Crippen molar-refractivity contribution in [3.63, 3.8) is 0 Å². The molecule has 1 unspecified atom stereocenters. The Bertz CT molecular complexity index is 961. The number of fused-ring (bicyclic) bond motifs is 5. The van der Waals surface area contributed by atoms with Gasteiger partial charge in [0.05, 0.1) is 11.2 Å². The molecule has 0 saturated carbocycles. The normalized spacial score (nSPS) is 13.8. The third-order valence-corrected chi connectivity index (χ3v) is 4.78. The van der Waals surface area contributed by atoms with Gasteiger partial charge < -0.3 is 4.90 Å². The van der Waals surface area contributed by atoms with E-state index in [-0.39, 0.29) is 30.2 Å². The Hall–Kier alpha value is -2.17. The first kappa shape index (κ1) is 16.7. The highest BCUT2D eigenvalue weighted by Gasteiger charge is 2.34. The lowest BCUT2D eigenvalue weighted by atomic mass is 9.97. The Morgan fingerprint density at radius 2 is 1.75 bits per heavy atom. The highest BCUT2D eigenvalue weighted by atomic mass is 35.5. The van der Waals surface area contributed by atoms with E-state index in [0.29, 0.717) is 5.56 Å². The van der Waals surface area contributed by atoms with Gasteiger partial charge in [-0.2, -0.15) is 0 Å². The maximum atomic E-state index is 13.8. The quantitative estimate of drug-likeness (QED) is 0.535. The van der Waals surface area contributed by atoms with Crippen molar-refractivity contribution >= 4 is 29.2 Å². The van der Waals surface area contributed by atoms with E-state index in [1.807, 2.05) is 38.4 Å². The van der Waals surface area contributed by atoms with Crippen molar-refractivity contribution in [2.24, 2.45) is 0 Å². The second-order valence-electron chi connectivity index (χ2n) is 6.25. The predicted octanol–water partition coefficient (Wildman–Crippen LogP) is 4.49. The van der Waals surface area contributed by atoms with E-state index in [2.05, 4.69) is 11.8 Å². The van der Waals surface area contributed by atoms with Crippen molar-refractivity contribution in [2.75, 3.05) is 14.1 Å². The molecule has 4 rings (SSSR count). The second-order valence-corrected chi connectivity index (χ2v) is 6.25. The van der Waals surface area contributed by atoms with E-state index >= 15 is 0 Å². The molecule has 0 spiro atoms. The molecule has 1 atom stereocenters. The van der Waals surface area contributed by atoms with E-state index in [4.69, 9.17) is 0 Å². The number of nitrogens with zero attached hydrogens (tertiary/aromatic N) is 2. The molecule has 0 bridgehead atoms. The summed E-state index contributed by atoms with van der Waals surface area (Å²) in [5.41, 5.74) is 4.31. The summed E-state index contributed by atoms with van der Waals surface area (Å²) in [7, 11) is 3.98. The fourth-order valence-corrected chi connectivity index (χ4v) is 3.44.